The van der Waals surface area contributed by atoms with Gasteiger partial charge in [-0.3, -0.25) is 9.69 Å². The minimum absolute atomic E-state index is 0.0689. The molecule has 0 atom stereocenters. The Labute approximate surface area is 209 Å². The van der Waals surface area contributed by atoms with Crippen LogP contribution in [-0.4, -0.2) is 27.9 Å². The number of carbonyl (C=O) groups excluding carboxylic acids is 1. The van der Waals surface area contributed by atoms with Gasteiger partial charge >= 0.3 is 5.24 Å². The first kappa shape index (κ1) is 24.9. The number of hydrogen-bond acceptors (Lipinski definition) is 5. The molecule has 0 N–H and O–H groups in total. The number of amides is 1. The van der Waals surface area contributed by atoms with Crippen molar-refractivity contribution in [1.29, 1.82) is 0 Å². The van der Waals surface area contributed by atoms with E-state index in [9.17, 15) is 17.6 Å². The van der Waals surface area contributed by atoms with Crippen LogP contribution < -0.4 is 14.4 Å². The zero-order valence-corrected chi connectivity index (χ0v) is 20.5. The Morgan fingerprint density at radius 1 is 0.778 bits per heavy atom. The smallest absolute Gasteiger partial charge is 0.348 e. The van der Waals surface area contributed by atoms with Gasteiger partial charge < -0.3 is 9.47 Å². The summed E-state index contributed by atoms with van der Waals surface area (Å²) < 4.78 is 50.6. The van der Waals surface area contributed by atoms with Gasteiger partial charge in [0.05, 0.1) is 25.7 Å². The highest BCUT2D eigenvalue weighted by atomic mass is 32.2. The Morgan fingerprint density at radius 2 is 1.31 bits per heavy atom. The number of benzene rings is 4. The monoisotopic (exact) mass is 505 g/mol. The van der Waals surface area contributed by atoms with Gasteiger partial charge in [0.15, 0.2) is 0 Å². The van der Waals surface area contributed by atoms with E-state index in [0.717, 1.165) is 27.8 Å². The Hall–Kier alpha value is -4.17. The van der Waals surface area contributed by atoms with Gasteiger partial charge in [-0.05, 0) is 71.3 Å². The second kappa shape index (κ2) is 10.6. The van der Waals surface area contributed by atoms with Crippen molar-refractivity contribution in [2.75, 3.05) is 19.1 Å². The van der Waals surface area contributed by atoms with E-state index in [1.54, 1.807) is 19.2 Å². The molecule has 184 valence electrons. The van der Waals surface area contributed by atoms with Crippen LogP contribution in [0, 0.1) is 5.82 Å². The van der Waals surface area contributed by atoms with Crippen LogP contribution in [0.5, 0.6) is 11.5 Å². The second-order valence-electron chi connectivity index (χ2n) is 7.94. The van der Waals surface area contributed by atoms with E-state index < -0.39 is 20.9 Å². The molecule has 1 amide bonds. The first-order chi connectivity index (χ1) is 17.3. The Morgan fingerprint density at radius 3 is 1.83 bits per heavy atom. The summed E-state index contributed by atoms with van der Waals surface area (Å²) in [6.45, 7) is -0.0689. The molecular weight excluding hydrogens is 481 g/mol. The van der Waals surface area contributed by atoms with Crippen LogP contribution in [0.1, 0.15) is 5.56 Å². The van der Waals surface area contributed by atoms with Crippen molar-refractivity contribution in [3.05, 3.63) is 108 Å². The average molecular weight is 506 g/mol. The fraction of sp³-hybridized carbons (Fsp3) is 0.107. The van der Waals surface area contributed by atoms with Gasteiger partial charge in [-0.15, -0.1) is 0 Å². The van der Waals surface area contributed by atoms with Crippen LogP contribution >= 0.6 is 0 Å². The third-order valence-corrected chi connectivity index (χ3v) is 7.23. The molecule has 0 unspecified atom stereocenters. The largest absolute Gasteiger partial charge is 0.497 e. The third-order valence-electron chi connectivity index (χ3n) is 5.66. The quantitative estimate of drug-likeness (QED) is 0.303. The van der Waals surface area contributed by atoms with Crippen LogP contribution in [0.3, 0.4) is 0 Å². The van der Waals surface area contributed by atoms with Crippen LogP contribution in [0.2, 0.25) is 0 Å². The molecule has 0 bridgehead atoms. The molecule has 36 heavy (non-hydrogen) atoms. The summed E-state index contributed by atoms with van der Waals surface area (Å²) >= 11 is 0. The number of carbonyl (C=O) groups is 1. The molecule has 4 rings (SSSR count). The molecule has 0 aromatic heterocycles. The Kier molecular flexibility index (Phi) is 7.36. The van der Waals surface area contributed by atoms with Gasteiger partial charge in [-0.2, -0.15) is 0 Å². The maximum Gasteiger partial charge on any atom is 0.348 e. The lowest BCUT2D eigenvalue weighted by Gasteiger charge is -2.23. The average Bonchev–Trinajstić information content (AvgIpc) is 2.91. The summed E-state index contributed by atoms with van der Waals surface area (Å²) in [5.74, 6) is 0.625. The molecule has 0 aliphatic heterocycles. The van der Waals surface area contributed by atoms with Crippen molar-refractivity contribution in [2.24, 2.45) is 0 Å². The summed E-state index contributed by atoms with van der Waals surface area (Å²) in [7, 11) is -1.34. The van der Waals surface area contributed by atoms with E-state index >= 15 is 0 Å². The molecular formula is C28H24FNO5S. The molecule has 0 heterocycles. The fourth-order valence-electron chi connectivity index (χ4n) is 3.67. The lowest BCUT2D eigenvalue weighted by Crippen LogP contribution is -2.35. The van der Waals surface area contributed by atoms with Crippen molar-refractivity contribution < 1.29 is 27.1 Å². The molecule has 4 aromatic rings. The van der Waals surface area contributed by atoms with Gasteiger partial charge in [0.2, 0.25) is 0 Å². The van der Waals surface area contributed by atoms with Gasteiger partial charge in [0, 0.05) is 5.69 Å². The van der Waals surface area contributed by atoms with Crippen molar-refractivity contribution in [3.8, 4) is 22.6 Å². The number of sulfone groups is 1. The lowest BCUT2D eigenvalue weighted by atomic mass is 10.0. The van der Waals surface area contributed by atoms with Crippen LogP contribution in [0.25, 0.3) is 11.1 Å². The van der Waals surface area contributed by atoms with E-state index in [1.807, 2.05) is 36.4 Å². The van der Waals surface area contributed by atoms with Crippen molar-refractivity contribution >= 4 is 20.8 Å². The zero-order valence-electron chi connectivity index (χ0n) is 19.7. The van der Waals surface area contributed by atoms with E-state index in [2.05, 4.69) is 0 Å². The molecule has 6 nitrogen and oxygen atoms in total. The highest BCUT2D eigenvalue weighted by molar-refractivity contribution is 8.06. The normalized spacial score (nSPS) is 11.1. The van der Waals surface area contributed by atoms with Crippen molar-refractivity contribution in [2.45, 2.75) is 11.4 Å². The molecule has 0 aliphatic carbocycles. The standard InChI is InChI=1S/C28H24FNO5S/c1-34-25-12-10-22(11-13-25)21-8-6-20(7-9-21)19-30(24-5-3-4-23(29)18-24)28(31)36(32,33)27-16-14-26(35-2)15-17-27/h3-18H,19H2,1-2H3. The molecule has 0 saturated heterocycles. The highest BCUT2D eigenvalue weighted by Crippen LogP contribution is 2.27. The predicted octanol–water partition coefficient (Wildman–Crippen LogP) is 6.11. The highest BCUT2D eigenvalue weighted by Gasteiger charge is 2.31. The number of methoxy groups -OCH3 is 2. The second-order valence-corrected chi connectivity index (χ2v) is 9.76. The first-order valence-corrected chi connectivity index (χ1v) is 12.5. The van der Waals surface area contributed by atoms with E-state index in [1.165, 1.54) is 49.6 Å². The zero-order chi connectivity index (χ0) is 25.7. The molecule has 8 heteroatoms. The lowest BCUT2D eigenvalue weighted by molar-refractivity contribution is 0.262. The van der Waals surface area contributed by atoms with Gasteiger partial charge in [0.25, 0.3) is 9.84 Å². The van der Waals surface area contributed by atoms with Gasteiger partial charge in [-0.25, -0.2) is 12.8 Å². The predicted molar refractivity (Wildman–Crippen MR) is 137 cm³/mol. The van der Waals surface area contributed by atoms with Gasteiger partial charge in [-0.1, -0.05) is 42.5 Å². The molecule has 0 radical (unpaired) electrons. The maximum absolute atomic E-state index is 14.0. The summed E-state index contributed by atoms with van der Waals surface area (Å²) in [5.41, 5.74) is 2.73. The first-order valence-electron chi connectivity index (χ1n) is 11.0. The number of nitrogens with zero attached hydrogens (tertiary/aromatic N) is 1. The fourth-order valence-corrected chi connectivity index (χ4v) is 4.83. The van der Waals surface area contributed by atoms with Crippen LogP contribution in [0.4, 0.5) is 14.9 Å². The van der Waals surface area contributed by atoms with E-state index in [4.69, 9.17) is 9.47 Å². The summed E-state index contributed by atoms with van der Waals surface area (Å²) in [6, 6.07) is 25.8. The molecule has 4 aromatic carbocycles. The third kappa shape index (κ3) is 5.39. The summed E-state index contributed by atoms with van der Waals surface area (Å²) in [5, 5.41) is -1.16. The maximum atomic E-state index is 14.0. The Bertz CT molecular complexity index is 1450. The van der Waals surface area contributed by atoms with Crippen LogP contribution in [0.15, 0.2) is 102 Å². The molecule has 0 aliphatic rings. The van der Waals surface area contributed by atoms with Crippen molar-refractivity contribution in [3.63, 3.8) is 0 Å². The number of hydrogen-bond donors (Lipinski definition) is 0. The minimum atomic E-state index is -4.40. The van der Waals surface area contributed by atoms with E-state index in [0.29, 0.717) is 11.3 Å². The Balaban J connectivity index is 1.65. The molecule has 0 spiro atoms. The van der Waals surface area contributed by atoms with E-state index in [-0.39, 0.29) is 17.1 Å². The van der Waals surface area contributed by atoms with Crippen molar-refractivity contribution in [1.82, 2.24) is 0 Å². The number of halogens is 1. The van der Waals surface area contributed by atoms with Gasteiger partial charge in [0.1, 0.15) is 17.3 Å². The molecule has 0 fully saturated rings. The topological polar surface area (TPSA) is 72.9 Å². The number of anilines is 1. The molecule has 0 saturated carbocycles. The minimum Gasteiger partial charge on any atom is -0.497 e. The number of rotatable bonds is 7. The summed E-state index contributed by atoms with van der Waals surface area (Å²) in [4.78, 5) is 14.2. The van der Waals surface area contributed by atoms with Crippen LogP contribution in [-0.2, 0) is 16.4 Å². The number of ether oxygens (including phenoxy) is 2. The SMILES string of the molecule is COc1ccc(-c2ccc(CN(C(=O)S(=O)(=O)c3ccc(OC)cc3)c3cccc(F)c3)cc2)cc1. The summed E-state index contributed by atoms with van der Waals surface area (Å²) in [6.07, 6.45) is 0.